The molecule has 1 heterocycles. The minimum Gasteiger partial charge on any atom is -0.395 e. The van der Waals surface area contributed by atoms with Crippen LogP contribution < -0.4 is 0 Å². The molecule has 98 valence electrons. The number of nitrogens with zero attached hydrogens (tertiary/aromatic N) is 3. The van der Waals surface area contributed by atoms with Gasteiger partial charge in [0.25, 0.3) is 10.0 Å². The van der Waals surface area contributed by atoms with Gasteiger partial charge >= 0.3 is 0 Å². The molecule has 0 aliphatic heterocycles. The van der Waals surface area contributed by atoms with Gasteiger partial charge in [-0.1, -0.05) is 18.5 Å². The fourth-order valence-electron chi connectivity index (χ4n) is 1.40. The summed E-state index contributed by atoms with van der Waals surface area (Å²) in [4.78, 5) is 3.79. The third-order valence-electron chi connectivity index (χ3n) is 2.24. The van der Waals surface area contributed by atoms with Crippen molar-refractivity contribution in [2.24, 2.45) is 7.05 Å². The van der Waals surface area contributed by atoms with Crippen LogP contribution in [0.4, 0.5) is 0 Å². The average Bonchev–Trinajstić information content (AvgIpc) is 2.60. The van der Waals surface area contributed by atoms with E-state index < -0.39 is 10.0 Å². The Balaban J connectivity index is 3.11. The third-order valence-corrected chi connectivity index (χ3v) is 4.63. The van der Waals surface area contributed by atoms with E-state index >= 15 is 0 Å². The molecule has 8 heteroatoms. The van der Waals surface area contributed by atoms with E-state index in [4.69, 9.17) is 16.7 Å². The molecule has 0 spiro atoms. The summed E-state index contributed by atoms with van der Waals surface area (Å²) >= 11 is 5.87. The maximum atomic E-state index is 12.2. The summed E-state index contributed by atoms with van der Waals surface area (Å²) in [6.07, 6.45) is 2.00. The van der Waals surface area contributed by atoms with Gasteiger partial charge in [0.1, 0.15) is 5.15 Å². The van der Waals surface area contributed by atoms with Crippen LogP contribution in [0.2, 0.25) is 5.15 Å². The molecule has 0 aromatic carbocycles. The van der Waals surface area contributed by atoms with E-state index in [2.05, 4.69) is 4.98 Å². The average molecular weight is 282 g/mol. The van der Waals surface area contributed by atoms with E-state index in [1.807, 2.05) is 6.92 Å². The highest BCUT2D eigenvalue weighted by Crippen LogP contribution is 2.22. The minimum absolute atomic E-state index is 0.0447. The van der Waals surface area contributed by atoms with Gasteiger partial charge in [-0.3, -0.25) is 0 Å². The number of rotatable bonds is 6. The van der Waals surface area contributed by atoms with Gasteiger partial charge in [-0.25, -0.2) is 13.4 Å². The van der Waals surface area contributed by atoms with E-state index in [-0.39, 0.29) is 23.3 Å². The monoisotopic (exact) mass is 281 g/mol. The van der Waals surface area contributed by atoms with Crippen LogP contribution in [0.5, 0.6) is 0 Å². The highest BCUT2D eigenvalue weighted by atomic mass is 35.5. The van der Waals surface area contributed by atoms with Gasteiger partial charge in [0.05, 0.1) is 12.9 Å². The van der Waals surface area contributed by atoms with Gasteiger partial charge in [-0.2, -0.15) is 4.31 Å². The van der Waals surface area contributed by atoms with Gasteiger partial charge in [-0.05, 0) is 6.42 Å². The van der Waals surface area contributed by atoms with E-state index in [0.29, 0.717) is 13.0 Å². The van der Waals surface area contributed by atoms with Crippen LogP contribution in [0.15, 0.2) is 11.4 Å². The Morgan fingerprint density at radius 3 is 2.59 bits per heavy atom. The van der Waals surface area contributed by atoms with Gasteiger partial charge in [0.2, 0.25) is 5.03 Å². The lowest BCUT2D eigenvalue weighted by Crippen LogP contribution is -2.34. The summed E-state index contributed by atoms with van der Waals surface area (Å²) in [7, 11) is -2.11. The number of aliphatic hydroxyl groups excluding tert-OH is 1. The van der Waals surface area contributed by atoms with Gasteiger partial charge in [0.15, 0.2) is 0 Å². The highest BCUT2D eigenvalue weighted by molar-refractivity contribution is 7.89. The van der Waals surface area contributed by atoms with Gasteiger partial charge in [0, 0.05) is 20.1 Å². The number of aryl methyl sites for hydroxylation is 1. The van der Waals surface area contributed by atoms with Crippen LogP contribution in [0.3, 0.4) is 0 Å². The van der Waals surface area contributed by atoms with Crippen LogP contribution in [0.1, 0.15) is 13.3 Å². The number of aliphatic hydroxyl groups is 1. The van der Waals surface area contributed by atoms with Gasteiger partial charge < -0.3 is 9.67 Å². The molecule has 1 aromatic heterocycles. The maximum Gasteiger partial charge on any atom is 0.263 e. The lowest BCUT2D eigenvalue weighted by atomic mass is 10.5. The minimum atomic E-state index is -3.73. The zero-order valence-electron chi connectivity index (χ0n) is 9.80. The highest BCUT2D eigenvalue weighted by Gasteiger charge is 2.28. The van der Waals surface area contributed by atoms with E-state index in [9.17, 15) is 8.42 Å². The number of sulfonamides is 1. The van der Waals surface area contributed by atoms with Crippen molar-refractivity contribution < 1.29 is 13.5 Å². The first-order valence-electron chi connectivity index (χ1n) is 5.23. The molecular formula is C9H16ClN3O3S. The van der Waals surface area contributed by atoms with Crippen molar-refractivity contribution in [3.8, 4) is 0 Å². The number of aromatic nitrogens is 2. The Hall–Kier alpha value is -0.630. The smallest absolute Gasteiger partial charge is 0.263 e. The molecule has 0 radical (unpaired) electrons. The Labute approximate surface area is 106 Å². The zero-order valence-corrected chi connectivity index (χ0v) is 11.4. The van der Waals surface area contributed by atoms with Gasteiger partial charge in [-0.15, -0.1) is 0 Å². The lowest BCUT2D eigenvalue weighted by molar-refractivity contribution is 0.253. The van der Waals surface area contributed by atoms with Crippen molar-refractivity contribution in [2.75, 3.05) is 19.7 Å². The normalized spacial score (nSPS) is 12.3. The standard InChI is InChI=1S/C9H16ClN3O3S/c1-3-4-13(5-6-14)17(15,16)9-8(10)12(2)7-11-9/h7,14H,3-6H2,1-2H3. The number of hydrogen-bond acceptors (Lipinski definition) is 4. The van der Waals surface area contributed by atoms with Crippen LogP contribution in [0, 0.1) is 0 Å². The van der Waals surface area contributed by atoms with Crippen molar-refractivity contribution in [2.45, 2.75) is 18.4 Å². The first-order chi connectivity index (χ1) is 7.95. The largest absolute Gasteiger partial charge is 0.395 e. The van der Waals surface area contributed by atoms with E-state index in [0.717, 1.165) is 0 Å². The predicted octanol–water partition coefficient (Wildman–Crippen LogP) is 0.466. The second kappa shape index (κ2) is 5.81. The van der Waals surface area contributed by atoms with E-state index in [1.54, 1.807) is 7.05 Å². The summed E-state index contributed by atoms with van der Waals surface area (Å²) in [6.45, 7) is 2.00. The molecule has 0 aliphatic carbocycles. The Morgan fingerprint density at radius 1 is 1.53 bits per heavy atom. The molecule has 0 bridgehead atoms. The summed E-state index contributed by atoms with van der Waals surface area (Å²) < 4.78 is 27.0. The molecule has 17 heavy (non-hydrogen) atoms. The molecule has 0 saturated heterocycles. The SMILES string of the molecule is CCCN(CCO)S(=O)(=O)c1ncn(C)c1Cl. The van der Waals surface area contributed by atoms with Crippen molar-refractivity contribution in [3.63, 3.8) is 0 Å². The summed E-state index contributed by atoms with van der Waals surface area (Å²) in [5, 5.41) is 8.79. The van der Waals surface area contributed by atoms with Crippen molar-refractivity contribution >= 4 is 21.6 Å². The number of halogens is 1. The first kappa shape index (κ1) is 14.4. The number of imidazole rings is 1. The van der Waals surface area contributed by atoms with Crippen molar-refractivity contribution in [1.29, 1.82) is 0 Å². The lowest BCUT2D eigenvalue weighted by Gasteiger charge is -2.19. The molecule has 0 amide bonds. The van der Waals surface area contributed by atoms with Crippen LogP contribution >= 0.6 is 11.6 Å². The Morgan fingerprint density at radius 2 is 2.18 bits per heavy atom. The fraction of sp³-hybridized carbons (Fsp3) is 0.667. The molecule has 0 atom stereocenters. The Bertz CT molecular complexity index is 466. The van der Waals surface area contributed by atoms with Crippen molar-refractivity contribution in [3.05, 3.63) is 11.5 Å². The first-order valence-corrected chi connectivity index (χ1v) is 7.04. The molecule has 1 aromatic rings. The fourth-order valence-corrected chi connectivity index (χ4v) is 3.31. The molecule has 1 N–H and O–H groups in total. The third kappa shape index (κ3) is 2.98. The Kier molecular flexibility index (Phi) is 4.93. The molecule has 1 rings (SSSR count). The summed E-state index contributed by atoms with van der Waals surface area (Å²) in [6, 6.07) is 0. The van der Waals surface area contributed by atoms with Crippen LogP contribution in [-0.4, -0.2) is 47.1 Å². The molecule has 0 unspecified atom stereocenters. The maximum absolute atomic E-state index is 12.2. The second-order valence-electron chi connectivity index (χ2n) is 3.58. The van der Waals surface area contributed by atoms with Crippen LogP contribution in [-0.2, 0) is 17.1 Å². The quantitative estimate of drug-likeness (QED) is 0.822. The molecule has 6 nitrogen and oxygen atoms in total. The second-order valence-corrected chi connectivity index (χ2v) is 5.79. The summed E-state index contributed by atoms with van der Waals surface area (Å²) in [5.74, 6) is 0. The summed E-state index contributed by atoms with van der Waals surface area (Å²) in [5.41, 5.74) is 0. The zero-order chi connectivity index (χ0) is 13.1. The topological polar surface area (TPSA) is 75.4 Å². The van der Waals surface area contributed by atoms with E-state index in [1.165, 1.54) is 15.2 Å². The molecule has 0 fully saturated rings. The molecule has 0 aliphatic rings. The van der Waals surface area contributed by atoms with Crippen molar-refractivity contribution in [1.82, 2.24) is 13.9 Å². The molecule has 0 saturated carbocycles. The predicted molar refractivity (Wildman–Crippen MR) is 64.4 cm³/mol. The molecular weight excluding hydrogens is 266 g/mol. The number of hydrogen-bond donors (Lipinski definition) is 1. The van der Waals surface area contributed by atoms with Crippen LogP contribution in [0.25, 0.3) is 0 Å².